The van der Waals surface area contributed by atoms with Crippen LogP contribution in [0.15, 0.2) is 126 Å². The van der Waals surface area contributed by atoms with Crippen LogP contribution in [-0.4, -0.2) is 15.0 Å². The van der Waals surface area contributed by atoms with Gasteiger partial charge >= 0.3 is 0 Å². The first-order valence-electron chi connectivity index (χ1n) is 17.3. The molecule has 0 saturated heterocycles. The van der Waals surface area contributed by atoms with E-state index in [9.17, 15) is 0 Å². The number of rotatable bonds is 5. The average Bonchev–Trinajstić information content (AvgIpc) is 3.56. The second-order valence-electron chi connectivity index (χ2n) is 10.6. The first-order valence-corrected chi connectivity index (χ1v) is 14.3. The third kappa shape index (κ3) is 7.51. The molecule has 0 fully saturated rings. The number of pyridine rings is 2. The van der Waals surface area contributed by atoms with Crippen LogP contribution in [0, 0.1) is 25.8 Å². The second-order valence-corrected chi connectivity index (χ2v) is 10.6. The van der Waals surface area contributed by atoms with Crippen LogP contribution in [0.2, 0.25) is 0 Å². The maximum atomic E-state index is 7.28. The molecule has 4 aromatic carbocycles. The Hall–Kier alpha value is -4.70. The molecule has 0 unspecified atom stereocenters. The number of fused-ring (bicyclic) bond motifs is 1. The third-order valence-electron chi connectivity index (χ3n) is 7.10. The Morgan fingerprint density at radius 3 is 2.11 bits per heavy atom. The maximum absolute atomic E-state index is 7.28. The molecule has 7 aromatic rings. The number of nitrogens with zero attached hydrogens (tertiary/aromatic N) is 3. The van der Waals surface area contributed by atoms with E-state index in [1.165, 1.54) is 30.0 Å². The standard InChI is InChI=1S/C27H21N2O.C13H12N.Ir/c1-18(2)21-13-14-28-24(16-21)22-15-23(19-9-5-3-6-10-19)26-25(17-22)30-27(29-26)20-11-7-4-8-12-20;1-10-3-6-12(7-4-10)13-8-5-11(2)9-14-13;/h3-16,18H,1-2H3;3-6,8-9H,1-2H3;/q2*-1;/i;1D3,2D3;. The van der Waals surface area contributed by atoms with Crippen molar-refractivity contribution in [3.05, 3.63) is 150 Å². The van der Waals surface area contributed by atoms with Gasteiger partial charge in [-0.3, -0.25) is 4.98 Å². The summed E-state index contributed by atoms with van der Waals surface area (Å²) in [5.41, 5.74) is 9.09. The summed E-state index contributed by atoms with van der Waals surface area (Å²) >= 11 is 0. The molecular formula is C40H33IrN3O-2. The molecule has 0 bridgehead atoms. The summed E-state index contributed by atoms with van der Waals surface area (Å²) in [5.74, 6) is 1.03. The van der Waals surface area contributed by atoms with Gasteiger partial charge in [0.15, 0.2) is 0 Å². The molecule has 0 spiro atoms. The van der Waals surface area contributed by atoms with E-state index in [1.54, 1.807) is 12.1 Å². The Kier molecular flexibility index (Phi) is 7.87. The molecule has 7 rings (SSSR count). The van der Waals surface area contributed by atoms with Crippen LogP contribution < -0.4 is 0 Å². The molecule has 0 N–H and O–H groups in total. The van der Waals surface area contributed by atoms with Gasteiger partial charge in [0.05, 0.1) is 5.58 Å². The van der Waals surface area contributed by atoms with Crippen LogP contribution in [0.3, 0.4) is 0 Å². The van der Waals surface area contributed by atoms with Crippen molar-refractivity contribution in [1.29, 1.82) is 0 Å². The van der Waals surface area contributed by atoms with E-state index in [4.69, 9.17) is 17.6 Å². The minimum Gasteiger partial charge on any atom is -0.457 e. The summed E-state index contributed by atoms with van der Waals surface area (Å²) in [5, 5.41) is 0. The van der Waals surface area contributed by atoms with Gasteiger partial charge < -0.3 is 14.4 Å². The Morgan fingerprint density at radius 2 is 1.47 bits per heavy atom. The number of hydrogen-bond acceptors (Lipinski definition) is 4. The fourth-order valence-electron chi connectivity index (χ4n) is 4.73. The Morgan fingerprint density at radius 1 is 0.733 bits per heavy atom. The zero-order chi connectivity index (χ0) is 35.5. The van der Waals surface area contributed by atoms with E-state index < -0.39 is 13.7 Å². The number of hydrogen-bond donors (Lipinski definition) is 0. The van der Waals surface area contributed by atoms with Gasteiger partial charge in [0.2, 0.25) is 5.89 Å². The first-order chi connectivity index (χ1) is 23.9. The Labute approximate surface area is 287 Å². The quantitative estimate of drug-likeness (QED) is 0.164. The molecule has 0 aliphatic rings. The summed E-state index contributed by atoms with van der Waals surface area (Å²) in [4.78, 5) is 13.5. The topological polar surface area (TPSA) is 51.8 Å². The van der Waals surface area contributed by atoms with Crippen molar-refractivity contribution in [3.8, 4) is 45.1 Å². The molecule has 3 heterocycles. The molecule has 5 heteroatoms. The molecular weight excluding hydrogens is 731 g/mol. The Balaban J connectivity index is 0.000000211. The van der Waals surface area contributed by atoms with Crippen LogP contribution in [0.4, 0.5) is 0 Å². The second kappa shape index (κ2) is 14.4. The molecule has 0 amide bonds. The van der Waals surface area contributed by atoms with Gasteiger partial charge in [-0.05, 0) is 53.5 Å². The Bertz CT molecular complexity index is 2140. The van der Waals surface area contributed by atoms with Gasteiger partial charge in [0.1, 0.15) is 0 Å². The van der Waals surface area contributed by atoms with Crippen LogP contribution in [0.1, 0.15) is 44.7 Å². The van der Waals surface area contributed by atoms with Gasteiger partial charge in [0, 0.05) is 51.8 Å². The van der Waals surface area contributed by atoms with Gasteiger partial charge in [-0.25, -0.2) is 0 Å². The molecule has 0 saturated carbocycles. The number of oxazole rings is 1. The summed E-state index contributed by atoms with van der Waals surface area (Å²) in [6.07, 6.45) is 3.16. The van der Waals surface area contributed by atoms with E-state index in [-0.39, 0.29) is 31.2 Å². The first kappa shape index (κ1) is 24.6. The fourth-order valence-corrected chi connectivity index (χ4v) is 4.73. The molecule has 45 heavy (non-hydrogen) atoms. The monoisotopic (exact) mass is 770 g/mol. The number of benzene rings is 4. The van der Waals surface area contributed by atoms with E-state index in [2.05, 4.69) is 66.3 Å². The van der Waals surface area contributed by atoms with Crippen LogP contribution in [0.25, 0.3) is 56.2 Å². The third-order valence-corrected chi connectivity index (χ3v) is 7.10. The SMILES string of the molecule is CC(C)c1ccnc(-c2[c-]c3oc(-c4ccccc4)nc3c(-c3ccccc3)c2)c1.[2H]C([2H])([2H])c1c[c-]c(-c2ccc(C([2H])([2H])[2H])cn2)cc1.[Ir]. The number of aromatic nitrogens is 3. The van der Waals surface area contributed by atoms with Crippen molar-refractivity contribution < 1.29 is 32.7 Å². The molecule has 0 aliphatic heterocycles. The minimum atomic E-state index is -2.18. The molecule has 0 atom stereocenters. The number of aryl methyl sites for hydroxylation is 2. The summed E-state index contributed by atoms with van der Waals surface area (Å²) in [7, 11) is 0. The molecule has 0 aliphatic carbocycles. The van der Waals surface area contributed by atoms with Gasteiger partial charge in [-0.15, -0.1) is 47.0 Å². The van der Waals surface area contributed by atoms with Crippen LogP contribution in [-0.2, 0) is 20.1 Å². The largest absolute Gasteiger partial charge is 0.457 e. The van der Waals surface area contributed by atoms with Gasteiger partial charge in [0.25, 0.3) is 0 Å². The molecule has 1 radical (unpaired) electrons. The zero-order valence-electron chi connectivity index (χ0n) is 30.7. The van der Waals surface area contributed by atoms with Crippen LogP contribution in [0.5, 0.6) is 0 Å². The van der Waals surface area contributed by atoms with Crippen molar-refractivity contribution >= 4 is 11.1 Å². The predicted octanol–water partition coefficient (Wildman–Crippen LogP) is 10.3. The summed E-state index contributed by atoms with van der Waals surface area (Å²) in [6.45, 7) is 0.0297. The van der Waals surface area contributed by atoms with Crippen molar-refractivity contribution in [3.63, 3.8) is 0 Å². The van der Waals surface area contributed by atoms with Crippen molar-refractivity contribution in [1.82, 2.24) is 15.0 Å². The molecule has 225 valence electrons. The van der Waals surface area contributed by atoms with Crippen LogP contribution >= 0.6 is 0 Å². The normalized spacial score (nSPS) is 13.2. The summed E-state index contributed by atoms with van der Waals surface area (Å²) in [6, 6.07) is 40.4. The van der Waals surface area contributed by atoms with Crippen molar-refractivity contribution in [2.45, 2.75) is 33.5 Å². The molecule has 4 nitrogen and oxygen atoms in total. The van der Waals surface area contributed by atoms with Gasteiger partial charge in [-0.2, -0.15) is 0 Å². The van der Waals surface area contributed by atoms with E-state index in [0.717, 1.165) is 33.5 Å². The van der Waals surface area contributed by atoms with E-state index >= 15 is 0 Å². The fraction of sp³-hybridized carbons (Fsp3) is 0.125. The van der Waals surface area contributed by atoms with Crippen molar-refractivity contribution in [2.75, 3.05) is 0 Å². The predicted molar refractivity (Wildman–Crippen MR) is 179 cm³/mol. The van der Waals surface area contributed by atoms with Crippen molar-refractivity contribution in [2.24, 2.45) is 0 Å². The van der Waals surface area contributed by atoms with Gasteiger partial charge in [-0.1, -0.05) is 105 Å². The smallest absolute Gasteiger partial charge is 0.215 e. The molecule has 3 aromatic heterocycles. The maximum Gasteiger partial charge on any atom is 0.215 e. The van der Waals surface area contributed by atoms with E-state index in [0.29, 0.717) is 28.6 Å². The minimum absolute atomic E-state index is 0. The summed E-state index contributed by atoms with van der Waals surface area (Å²) < 4.78 is 49.8. The zero-order valence-corrected chi connectivity index (χ0v) is 27.1. The van der Waals surface area contributed by atoms with E-state index in [1.807, 2.05) is 54.7 Å². The average molecular weight is 770 g/mol.